The summed E-state index contributed by atoms with van der Waals surface area (Å²) in [7, 11) is 16.1. The molecular weight excluding hydrogens is 526 g/mol. The SMILES string of the molecule is CCCC[N+](C)(C)CCSSCC[NH+](C)CCCC[n+]1ccccc1/C=C/c1cc(OC)c(OC)c(OC)c1. The molecule has 0 aliphatic heterocycles. The molecule has 0 saturated carbocycles. The number of nitrogens with one attached hydrogen (secondary N) is 1. The molecule has 1 N–H and O–H groups in total. The molecule has 0 aliphatic carbocycles. The Morgan fingerprint density at radius 2 is 1.59 bits per heavy atom. The maximum atomic E-state index is 5.50. The predicted molar refractivity (Wildman–Crippen MR) is 169 cm³/mol. The third-order valence-electron chi connectivity index (χ3n) is 6.95. The van der Waals surface area contributed by atoms with Gasteiger partial charge in [-0.3, -0.25) is 0 Å². The minimum atomic E-state index is 0.609. The Bertz CT molecular complexity index is 976. The van der Waals surface area contributed by atoms with Gasteiger partial charge in [0.05, 0.1) is 80.2 Å². The summed E-state index contributed by atoms with van der Waals surface area (Å²) >= 11 is 0. The van der Waals surface area contributed by atoms with E-state index in [1.807, 2.05) is 33.7 Å². The fourth-order valence-electron chi connectivity index (χ4n) is 4.37. The Kier molecular flexibility index (Phi) is 15.8. The van der Waals surface area contributed by atoms with Crippen molar-refractivity contribution in [2.24, 2.45) is 0 Å². The molecule has 2 aromatic rings. The number of nitrogens with zero attached hydrogens (tertiary/aromatic N) is 2. The van der Waals surface area contributed by atoms with Crippen LogP contribution in [0.1, 0.15) is 43.9 Å². The van der Waals surface area contributed by atoms with Gasteiger partial charge in [0.15, 0.2) is 17.7 Å². The van der Waals surface area contributed by atoms with Crippen molar-refractivity contribution in [1.82, 2.24) is 0 Å². The largest absolute Gasteiger partial charge is 0.493 e. The number of benzene rings is 1. The molecule has 0 bridgehead atoms. The molecule has 0 radical (unpaired) electrons. The molecule has 1 aromatic carbocycles. The standard InChI is InChI=1S/C31H51N3O3S2/c1-8-9-21-34(3,4)22-24-39-38-23-20-32(2)17-12-13-19-33-18-11-10-14-28(33)16-15-27-25-29(35-5)31(37-7)30(26-27)36-6/h10-11,14-16,18,25-26H,8-9,12-13,17,19-24H2,1-7H3/q+2/p+1/b16-15+. The minimum absolute atomic E-state index is 0.609. The Hall–Kier alpha value is -1.87. The zero-order chi connectivity index (χ0) is 28.5. The fraction of sp³-hybridized carbons (Fsp3) is 0.581. The Morgan fingerprint density at radius 3 is 2.26 bits per heavy atom. The van der Waals surface area contributed by atoms with Crippen LogP contribution in [0.3, 0.4) is 0 Å². The molecular formula is C31H52N3O3S2+3. The first-order valence-electron chi connectivity index (χ1n) is 14.2. The Labute approximate surface area is 245 Å². The lowest BCUT2D eigenvalue weighted by Gasteiger charge is -2.29. The molecule has 1 unspecified atom stereocenters. The second kappa shape index (κ2) is 18.5. The number of aryl methyl sites for hydroxylation is 1. The van der Waals surface area contributed by atoms with Crippen LogP contribution < -0.4 is 23.7 Å². The van der Waals surface area contributed by atoms with Crippen molar-refractivity contribution in [3.05, 3.63) is 47.8 Å². The molecule has 0 amide bonds. The van der Waals surface area contributed by atoms with Crippen molar-refractivity contribution < 1.29 is 28.2 Å². The van der Waals surface area contributed by atoms with Crippen molar-refractivity contribution >= 4 is 33.7 Å². The summed E-state index contributed by atoms with van der Waals surface area (Å²) in [5.41, 5.74) is 2.18. The van der Waals surface area contributed by atoms with Gasteiger partial charge in [-0.2, -0.15) is 4.57 Å². The maximum Gasteiger partial charge on any atom is 0.205 e. The lowest BCUT2D eigenvalue weighted by atomic mass is 10.1. The highest BCUT2D eigenvalue weighted by atomic mass is 33.1. The highest BCUT2D eigenvalue weighted by molar-refractivity contribution is 8.76. The first kappa shape index (κ1) is 33.3. The number of unbranched alkanes of at least 4 members (excludes halogenated alkanes) is 2. The van der Waals surface area contributed by atoms with Gasteiger partial charge in [-0.15, -0.1) is 0 Å². The molecule has 1 aromatic heterocycles. The second-order valence-electron chi connectivity index (χ2n) is 10.7. The van der Waals surface area contributed by atoms with Crippen LogP contribution in [-0.4, -0.2) is 84.6 Å². The number of aromatic nitrogens is 1. The first-order valence-corrected chi connectivity index (χ1v) is 16.7. The van der Waals surface area contributed by atoms with Gasteiger partial charge in [0.1, 0.15) is 6.54 Å². The zero-order valence-corrected chi connectivity index (χ0v) is 27.0. The van der Waals surface area contributed by atoms with Crippen LogP contribution in [0.2, 0.25) is 0 Å². The topological polar surface area (TPSA) is 36.0 Å². The van der Waals surface area contributed by atoms with Gasteiger partial charge < -0.3 is 23.6 Å². The molecule has 0 fully saturated rings. The van der Waals surface area contributed by atoms with E-state index in [-0.39, 0.29) is 0 Å². The van der Waals surface area contributed by atoms with Gasteiger partial charge in [-0.05, 0) is 36.3 Å². The number of ether oxygens (including phenoxy) is 3. The maximum absolute atomic E-state index is 5.50. The van der Waals surface area contributed by atoms with E-state index >= 15 is 0 Å². The second-order valence-corrected chi connectivity index (χ2v) is 13.4. The normalized spacial score (nSPS) is 12.6. The quantitative estimate of drug-likeness (QED) is 0.106. The third-order valence-corrected chi connectivity index (χ3v) is 9.34. The van der Waals surface area contributed by atoms with Crippen LogP contribution >= 0.6 is 21.6 Å². The first-order chi connectivity index (χ1) is 18.8. The molecule has 1 heterocycles. The Morgan fingerprint density at radius 1 is 0.872 bits per heavy atom. The van der Waals surface area contributed by atoms with E-state index in [2.05, 4.69) is 69.2 Å². The number of hydrogen-bond donors (Lipinski definition) is 1. The molecule has 0 spiro atoms. The predicted octanol–water partition coefficient (Wildman–Crippen LogP) is 4.72. The van der Waals surface area contributed by atoms with Crippen molar-refractivity contribution in [3.63, 3.8) is 0 Å². The summed E-state index contributed by atoms with van der Waals surface area (Å²) in [6.07, 6.45) is 11.4. The molecule has 1 atom stereocenters. The molecule has 0 aliphatic rings. The van der Waals surface area contributed by atoms with Gasteiger partial charge in [0.2, 0.25) is 11.4 Å². The number of methoxy groups -OCH3 is 3. The summed E-state index contributed by atoms with van der Waals surface area (Å²) in [6, 6.07) is 10.3. The molecule has 39 heavy (non-hydrogen) atoms. The summed E-state index contributed by atoms with van der Waals surface area (Å²) < 4.78 is 19.9. The van der Waals surface area contributed by atoms with Crippen molar-refractivity contribution in [3.8, 4) is 17.2 Å². The average molecular weight is 579 g/mol. The third kappa shape index (κ3) is 12.5. The van der Waals surface area contributed by atoms with Gasteiger partial charge in [0.25, 0.3) is 0 Å². The summed E-state index contributed by atoms with van der Waals surface area (Å²) in [4.78, 5) is 1.63. The Balaban J connectivity index is 1.75. The van der Waals surface area contributed by atoms with Crippen LogP contribution in [0, 0.1) is 0 Å². The minimum Gasteiger partial charge on any atom is -0.493 e. The number of rotatable bonds is 20. The highest BCUT2D eigenvalue weighted by Gasteiger charge is 2.14. The summed E-state index contributed by atoms with van der Waals surface area (Å²) in [6.45, 7) is 8.29. The van der Waals surface area contributed by atoms with Crippen LogP contribution in [0.5, 0.6) is 17.2 Å². The molecule has 0 saturated heterocycles. The van der Waals surface area contributed by atoms with E-state index in [9.17, 15) is 0 Å². The molecule has 218 valence electrons. The van der Waals surface area contributed by atoms with Gasteiger partial charge in [0, 0.05) is 31.1 Å². The fourth-order valence-corrected chi connectivity index (χ4v) is 6.79. The zero-order valence-electron chi connectivity index (χ0n) is 25.3. The van der Waals surface area contributed by atoms with Gasteiger partial charge >= 0.3 is 0 Å². The van der Waals surface area contributed by atoms with Crippen molar-refractivity contribution in [2.45, 2.75) is 39.2 Å². The van der Waals surface area contributed by atoms with Gasteiger partial charge in [-0.1, -0.05) is 34.9 Å². The monoisotopic (exact) mass is 578 g/mol. The van der Waals surface area contributed by atoms with E-state index in [1.165, 1.54) is 69.1 Å². The van der Waals surface area contributed by atoms with Crippen LogP contribution in [-0.2, 0) is 6.54 Å². The van der Waals surface area contributed by atoms with E-state index < -0.39 is 0 Å². The van der Waals surface area contributed by atoms with E-state index in [4.69, 9.17) is 14.2 Å². The lowest BCUT2D eigenvalue weighted by Crippen LogP contribution is -3.09. The van der Waals surface area contributed by atoms with Gasteiger partial charge in [-0.25, -0.2) is 0 Å². The van der Waals surface area contributed by atoms with E-state index in [1.54, 1.807) is 26.2 Å². The van der Waals surface area contributed by atoms with Crippen molar-refractivity contribution in [1.29, 1.82) is 0 Å². The summed E-state index contributed by atoms with van der Waals surface area (Å²) in [5, 5.41) is 0. The summed E-state index contributed by atoms with van der Waals surface area (Å²) in [5.74, 6) is 4.39. The van der Waals surface area contributed by atoms with E-state index in [0.717, 1.165) is 16.6 Å². The smallest absolute Gasteiger partial charge is 0.205 e. The van der Waals surface area contributed by atoms with Crippen LogP contribution in [0.15, 0.2) is 36.5 Å². The lowest BCUT2D eigenvalue weighted by molar-refractivity contribution is -0.888. The molecule has 8 heteroatoms. The molecule has 2 rings (SSSR count). The van der Waals surface area contributed by atoms with E-state index in [0.29, 0.717) is 17.2 Å². The average Bonchev–Trinajstić information content (AvgIpc) is 2.94. The van der Waals surface area contributed by atoms with Crippen LogP contribution in [0.25, 0.3) is 12.2 Å². The van der Waals surface area contributed by atoms with Crippen molar-refractivity contribution in [2.75, 3.05) is 80.2 Å². The number of pyridine rings is 1. The van der Waals surface area contributed by atoms with Crippen LogP contribution in [0.4, 0.5) is 0 Å². The molecule has 6 nitrogen and oxygen atoms in total. The number of hydrogen-bond acceptors (Lipinski definition) is 5. The highest BCUT2D eigenvalue weighted by Crippen LogP contribution is 2.38. The number of quaternary nitrogens is 2.